The lowest BCUT2D eigenvalue weighted by molar-refractivity contribution is -0.123. The summed E-state index contributed by atoms with van der Waals surface area (Å²) in [7, 11) is 0. The van der Waals surface area contributed by atoms with Crippen LogP contribution >= 0.6 is 0 Å². The zero-order valence-corrected chi connectivity index (χ0v) is 11.1. The molecule has 1 aromatic rings. The molecule has 3 unspecified atom stereocenters. The molecule has 4 heteroatoms. The summed E-state index contributed by atoms with van der Waals surface area (Å²) in [5, 5.41) is 11.7. The van der Waals surface area contributed by atoms with Crippen molar-refractivity contribution in [2.75, 3.05) is 6.61 Å². The number of halogens is 1. The van der Waals surface area contributed by atoms with Gasteiger partial charge in [0.1, 0.15) is 5.82 Å². The van der Waals surface area contributed by atoms with Gasteiger partial charge in [0.15, 0.2) is 0 Å². The SMILES string of the molecule is CC(CCCO)NC(=O)C1CC1c1cccc(F)c1. The Morgan fingerprint density at radius 2 is 2.37 bits per heavy atom. The number of amides is 1. The van der Waals surface area contributed by atoms with Gasteiger partial charge in [-0.1, -0.05) is 12.1 Å². The molecule has 3 atom stereocenters. The smallest absolute Gasteiger partial charge is 0.223 e. The first kappa shape index (κ1) is 14.0. The van der Waals surface area contributed by atoms with Crippen molar-refractivity contribution in [3.63, 3.8) is 0 Å². The van der Waals surface area contributed by atoms with Gasteiger partial charge in [0.05, 0.1) is 0 Å². The predicted octanol–water partition coefficient (Wildman–Crippen LogP) is 2.21. The summed E-state index contributed by atoms with van der Waals surface area (Å²) in [5.41, 5.74) is 0.906. The van der Waals surface area contributed by atoms with Gasteiger partial charge in [-0.15, -0.1) is 0 Å². The van der Waals surface area contributed by atoms with Gasteiger partial charge in [-0.25, -0.2) is 4.39 Å². The van der Waals surface area contributed by atoms with Crippen LogP contribution in [0.5, 0.6) is 0 Å². The van der Waals surface area contributed by atoms with Gasteiger partial charge in [-0.2, -0.15) is 0 Å². The summed E-state index contributed by atoms with van der Waals surface area (Å²) in [6.45, 7) is 2.09. The average Bonchev–Trinajstić information content (AvgIpc) is 3.16. The summed E-state index contributed by atoms with van der Waals surface area (Å²) in [5.74, 6) is -0.0845. The molecular formula is C15H20FNO2. The second-order valence-electron chi connectivity index (χ2n) is 5.28. The number of aliphatic hydroxyl groups excluding tert-OH is 1. The minimum absolute atomic E-state index is 0.0293. The van der Waals surface area contributed by atoms with Crippen molar-refractivity contribution in [1.82, 2.24) is 5.32 Å². The maximum atomic E-state index is 13.1. The Labute approximate surface area is 112 Å². The lowest BCUT2D eigenvalue weighted by Crippen LogP contribution is -2.34. The second kappa shape index (κ2) is 6.15. The van der Waals surface area contributed by atoms with E-state index in [0.717, 1.165) is 18.4 Å². The highest BCUT2D eigenvalue weighted by molar-refractivity contribution is 5.83. The summed E-state index contributed by atoms with van der Waals surface area (Å²) in [6.07, 6.45) is 2.26. The number of hydrogen-bond donors (Lipinski definition) is 2. The molecule has 104 valence electrons. The summed E-state index contributed by atoms with van der Waals surface area (Å²) in [4.78, 5) is 12.0. The van der Waals surface area contributed by atoms with Crippen LogP contribution in [0, 0.1) is 11.7 Å². The molecule has 0 spiro atoms. The van der Waals surface area contributed by atoms with Crippen molar-refractivity contribution in [1.29, 1.82) is 0 Å². The molecule has 1 saturated carbocycles. The third-order valence-electron chi connectivity index (χ3n) is 3.59. The molecule has 0 aliphatic heterocycles. The van der Waals surface area contributed by atoms with E-state index in [0.29, 0.717) is 6.42 Å². The zero-order chi connectivity index (χ0) is 13.8. The quantitative estimate of drug-likeness (QED) is 0.828. The number of carbonyl (C=O) groups is 1. The largest absolute Gasteiger partial charge is 0.396 e. The van der Waals surface area contributed by atoms with E-state index >= 15 is 0 Å². The van der Waals surface area contributed by atoms with Gasteiger partial charge < -0.3 is 10.4 Å². The Morgan fingerprint density at radius 1 is 1.58 bits per heavy atom. The minimum atomic E-state index is -0.250. The summed E-state index contributed by atoms with van der Waals surface area (Å²) >= 11 is 0. The minimum Gasteiger partial charge on any atom is -0.396 e. The Kier molecular flexibility index (Phi) is 4.53. The maximum absolute atomic E-state index is 13.1. The number of aliphatic hydroxyl groups is 1. The molecular weight excluding hydrogens is 245 g/mol. The molecule has 1 fully saturated rings. The topological polar surface area (TPSA) is 49.3 Å². The molecule has 0 saturated heterocycles. The molecule has 0 radical (unpaired) electrons. The summed E-state index contributed by atoms with van der Waals surface area (Å²) in [6, 6.07) is 6.55. The van der Waals surface area contributed by atoms with Gasteiger partial charge in [-0.05, 0) is 49.8 Å². The molecule has 1 aliphatic carbocycles. The molecule has 2 rings (SSSR count). The van der Waals surface area contributed by atoms with Crippen LogP contribution < -0.4 is 5.32 Å². The van der Waals surface area contributed by atoms with Crippen LogP contribution in [-0.2, 0) is 4.79 Å². The van der Waals surface area contributed by atoms with Crippen molar-refractivity contribution in [3.8, 4) is 0 Å². The van der Waals surface area contributed by atoms with Crippen LogP contribution in [0.3, 0.4) is 0 Å². The van der Waals surface area contributed by atoms with Crippen LogP contribution in [0.25, 0.3) is 0 Å². The monoisotopic (exact) mass is 265 g/mol. The van der Waals surface area contributed by atoms with Gasteiger partial charge >= 0.3 is 0 Å². The van der Waals surface area contributed by atoms with E-state index in [2.05, 4.69) is 5.32 Å². The van der Waals surface area contributed by atoms with E-state index < -0.39 is 0 Å². The lowest BCUT2D eigenvalue weighted by Gasteiger charge is -2.13. The standard InChI is InChI=1S/C15H20FNO2/c1-10(4-3-7-18)17-15(19)14-9-13(14)11-5-2-6-12(16)8-11/h2,5-6,8,10,13-14,18H,3-4,7,9H2,1H3,(H,17,19). The number of hydrogen-bond acceptors (Lipinski definition) is 2. The van der Waals surface area contributed by atoms with E-state index in [1.165, 1.54) is 12.1 Å². The van der Waals surface area contributed by atoms with Crippen LogP contribution in [0.4, 0.5) is 4.39 Å². The van der Waals surface area contributed by atoms with Crippen molar-refractivity contribution < 1.29 is 14.3 Å². The van der Waals surface area contributed by atoms with Crippen molar-refractivity contribution in [2.24, 2.45) is 5.92 Å². The second-order valence-corrected chi connectivity index (χ2v) is 5.28. The number of benzene rings is 1. The average molecular weight is 265 g/mol. The third kappa shape index (κ3) is 3.77. The van der Waals surface area contributed by atoms with E-state index in [1.54, 1.807) is 6.07 Å². The van der Waals surface area contributed by atoms with Gasteiger partial charge in [0.25, 0.3) is 0 Å². The third-order valence-corrected chi connectivity index (χ3v) is 3.59. The van der Waals surface area contributed by atoms with E-state index in [4.69, 9.17) is 5.11 Å². The lowest BCUT2D eigenvalue weighted by atomic mass is 10.1. The zero-order valence-electron chi connectivity index (χ0n) is 11.1. The fraction of sp³-hybridized carbons (Fsp3) is 0.533. The van der Waals surface area contributed by atoms with Crippen molar-refractivity contribution in [3.05, 3.63) is 35.6 Å². The first-order valence-electron chi connectivity index (χ1n) is 6.78. The van der Waals surface area contributed by atoms with E-state index in [-0.39, 0.29) is 36.2 Å². The molecule has 1 aliphatic rings. The first-order valence-corrected chi connectivity index (χ1v) is 6.78. The van der Waals surface area contributed by atoms with Crippen molar-refractivity contribution >= 4 is 5.91 Å². The molecule has 2 N–H and O–H groups in total. The maximum Gasteiger partial charge on any atom is 0.223 e. The van der Waals surface area contributed by atoms with Gasteiger partial charge in [0, 0.05) is 18.6 Å². The Hall–Kier alpha value is -1.42. The molecule has 1 aromatic carbocycles. The Morgan fingerprint density at radius 3 is 3.05 bits per heavy atom. The fourth-order valence-electron chi connectivity index (χ4n) is 2.41. The van der Waals surface area contributed by atoms with Crippen LogP contribution in [0.15, 0.2) is 24.3 Å². The highest BCUT2D eigenvalue weighted by atomic mass is 19.1. The van der Waals surface area contributed by atoms with Crippen LogP contribution in [-0.4, -0.2) is 23.7 Å². The molecule has 19 heavy (non-hydrogen) atoms. The Balaban J connectivity index is 1.83. The fourth-order valence-corrected chi connectivity index (χ4v) is 2.41. The number of carbonyl (C=O) groups excluding carboxylic acids is 1. The van der Waals surface area contributed by atoms with Crippen LogP contribution in [0.2, 0.25) is 0 Å². The van der Waals surface area contributed by atoms with Crippen LogP contribution in [0.1, 0.15) is 37.7 Å². The van der Waals surface area contributed by atoms with Gasteiger partial charge in [0.2, 0.25) is 5.91 Å². The van der Waals surface area contributed by atoms with Gasteiger partial charge in [-0.3, -0.25) is 4.79 Å². The summed E-state index contributed by atoms with van der Waals surface area (Å²) < 4.78 is 13.1. The Bertz CT molecular complexity index is 450. The highest BCUT2D eigenvalue weighted by Gasteiger charge is 2.44. The molecule has 0 aromatic heterocycles. The molecule has 0 bridgehead atoms. The number of rotatable bonds is 6. The van der Waals surface area contributed by atoms with Crippen molar-refractivity contribution in [2.45, 2.75) is 38.1 Å². The molecule has 3 nitrogen and oxygen atoms in total. The first-order chi connectivity index (χ1) is 9.11. The highest BCUT2D eigenvalue weighted by Crippen LogP contribution is 2.47. The molecule has 0 heterocycles. The molecule has 1 amide bonds. The predicted molar refractivity (Wildman–Crippen MR) is 71.2 cm³/mol. The van der Waals surface area contributed by atoms with E-state index in [9.17, 15) is 9.18 Å². The number of nitrogens with one attached hydrogen (secondary N) is 1. The van der Waals surface area contributed by atoms with E-state index in [1.807, 2.05) is 13.0 Å². The normalized spacial score (nSPS) is 22.9.